The van der Waals surface area contributed by atoms with Gasteiger partial charge in [0, 0.05) is 19.2 Å². The Morgan fingerprint density at radius 2 is 2.13 bits per heavy atom. The molecule has 15 heavy (non-hydrogen) atoms. The van der Waals surface area contributed by atoms with Gasteiger partial charge in [0.25, 0.3) is 0 Å². The smallest absolute Gasteiger partial charge is 0.328 e. The van der Waals surface area contributed by atoms with Crippen molar-refractivity contribution >= 4 is 12.0 Å². The van der Waals surface area contributed by atoms with E-state index in [4.69, 9.17) is 5.11 Å². The zero-order chi connectivity index (χ0) is 10.8. The number of carboxylic acids is 1. The van der Waals surface area contributed by atoms with Gasteiger partial charge in [-0.1, -0.05) is 18.2 Å². The van der Waals surface area contributed by atoms with Crippen molar-refractivity contribution in [1.82, 2.24) is 4.90 Å². The SMILES string of the molecule is CN1Cc2ccc(C=CC(=O)O)cc2C1. The Labute approximate surface area is 88.6 Å². The molecule has 0 atom stereocenters. The van der Waals surface area contributed by atoms with Crippen molar-refractivity contribution in [3.63, 3.8) is 0 Å². The van der Waals surface area contributed by atoms with Crippen molar-refractivity contribution in [3.8, 4) is 0 Å². The van der Waals surface area contributed by atoms with Gasteiger partial charge in [0.1, 0.15) is 0 Å². The number of hydrogen-bond acceptors (Lipinski definition) is 2. The van der Waals surface area contributed by atoms with Crippen LogP contribution >= 0.6 is 0 Å². The van der Waals surface area contributed by atoms with E-state index >= 15 is 0 Å². The monoisotopic (exact) mass is 203 g/mol. The van der Waals surface area contributed by atoms with Crippen LogP contribution in [0.4, 0.5) is 0 Å². The highest BCUT2D eigenvalue weighted by Gasteiger charge is 2.14. The van der Waals surface area contributed by atoms with Gasteiger partial charge in [0.05, 0.1) is 0 Å². The first-order valence-electron chi connectivity index (χ1n) is 4.86. The molecule has 0 saturated heterocycles. The Hall–Kier alpha value is -1.61. The van der Waals surface area contributed by atoms with Crippen LogP contribution in [0.5, 0.6) is 0 Å². The number of fused-ring (bicyclic) bond motifs is 1. The molecular weight excluding hydrogens is 190 g/mol. The molecule has 1 heterocycles. The minimum absolute atomic E-state index is 0.910. The number of aliphatic carboxylic acids is 1. The molecule has 2 rings (SSSR count). The van der Waals surface area contributed by atoms with Gasteiger partial charge in [-0.05, 0) is 29.8 Å². The van der Waals surface area contributed by atoms with Gasteiger partial charge < -0.3 is 5.11 Å². The lowest BCUT2D eigenvalue weighted by Crippen LogP contribution is -2.07. The average molecular weight is 203 g/mol. The van der Waals surface area contributed by atoms with Crippen molar-refractivity contribution in [1.29, 1.82) is 0 Å². The summed E-state index contributed by atoms with van der Waals surface area (Å²) in [6.07, 6.45) is 2.79. The molecule has 3 nitrogen and oxygen atoms in total. The van der Waals surface area contributed by atoms with Crippen LogP contribution in [0.15, 0.2) is 24.3 Å². The summed E-state index contributed by atoms with van der Waals surface area (Å²) in [5.41, 5.74) is 3.58. The largest absolute Gasteiger partial charge is 0.478 e. The van der Waals surface area contributed by atoms with Gasteiger partial charge in [0.15, 0.2) is 0 Å². The third kappa shape index (κ3) is 2.25. The summed E-state index contributed by atoms with van der Waals surface area (Å²) in [6.45, 7) is 1.93. The maximum atomic E-state index is 10.4. The molecule has 0 fully saturated rings. The van der Waals surface area contributed by atoms with E-state index in [9.17, 15) is 4.79 Å². The van der Waals surface area contributed by atoms with Crippen LogP contribution in [0.2, 0.25) is 0 Å². The quantitative estimate of drug-likeness (QED) is 0.744. The number of rotatable bonds is 2. The second-order valence-electron chi connectivity index (χ2n) is 3.87. The average Bonchev–Trinajstić information content (AvgIpc) is 2.53. The van der Waals surface area contributed by atoms with Crippen molar-refractivity contribution in [2.45, 2.75) is 13.1 Å². The highest BCUT2D eigenvalue weighted by atomic mass is 16.4. The lowest BCUT2D eigenvalue weighted by atomic mass is 10.1. The Bertz CT molecular complexity index is 424. The Kier molecular flexibility index (Phi) is 2.56. The van der Waals surface area contributed by atoms with Crippen molar-refractivity contribution in [3.05, 3.63) is 41.0 Å². The lowest BCUT2D eigenvalue weighted by molar-refractivity contribution is -0.131. The Morgan fingerprint density at radius 3 is 2.87 bits per heavy atom. The molecule has 0 saturated carbocycles. The first-order chi connectivity index (χ1) is 7.15. The fourth-order valence-corrected chi connectivity index (χ4v) is 1.86. The van der Waals surface area contributed by atoms with Crippen LogP contribution in [0.3, 0.4) is 0 Å². The molecule has 0 unspecified atom stereocenters. The zero-order valence-electron chi connectivity index (χ0n) is 8.60. The third-order valence-corrected chi connectivity index (χ3v) is 2.53. The lowest BCUT2D eigenvalue weighted by Gasteiger charge is -2.02. The normalized spacial score (nSPS) is 15.8. The summed E-state index contributed by atoms with van der Waals surface area (Å²) in [5.74, 6) is -0.910. The van der Waals surface area contributed by atoms with Crippen molar-refractivity contribution in [2.24, 2.45) is 0 Å². The van der Waals surface area contributed by atoms with Gasteiger partial charge in [-0.3, -0.25) is 4.90 Å². The van der Waals surface area contributed by atoms with E-state index in [2.05, 4.69) is 24.1 Å². The van der Waals surface area contributed by atoms with Crippen LogP contribution in [-0.4, -0.2) is 23.0 Å². The summed E-state index contributed by atoms with van der Waals surface area (Å²) in [4.78, 5) is 12.6. The summed E-state index contributed by atoms with van der Waals surface area (Å²) < 4.78 is 0. The molecule has 1 aromatic rings. The van der Waals surface area contributed by atoms with E-state index in [1.54, 1.807) is 6.08 Å². The van der Waals surface area contributed by atoms with Gasteiger partial charge >= 0.3 is 5.97 Å². The van der Waals surface area contributed by atoms with E-state index in [1.807, 2.05) is 6.07 Å². The third-order valence-electron chi connectivity index (χ3n) is 2.53. The second-order valence-corrected chi connectivity index (χ2v) is 3.87. The number of carbonyl (C=O) groups is 1. The molecule has 0 bridgehead atoms. The van der Waals surface area contributed by atoms with Crippen LogP contribution in [-0.2, 0) is 17.9 Å². The predicted octanol–water partition coefficient (Wildman–Crippen LogP) is 1.73. The fraction of sp³-hybridized carbons (Fsp3) is 0.250. The van der Waals surface area contributed by atoms with E-state index in [0.717, 1.165) is 18.7 Å². The van der Waals surface area contributed by atoms with Crippen LogP contribution in [0.25, 0.3) is 6.08 Å². The number of nitrogens with zero attached hydrogens (tertiary/aromatic N) is 1. The molecule has 1 aromatic carbocycles. The van der Waals surface area contributed by atoms with Crippen molar-refractivity contribution < 1.29 is 9.90 Å². The van der Waals surface area contributed by atoms with Gasteiger partial charge in [0.2, 0.25) is 0 Å². The summed E-state index contributed by atoms with van der Waals surface area (Å²) in [5, 5.41) is 8.52. The first kappa shape index (κ1) is 9.93. The Morgan fingerprint density at radius 1 is 1.40 bits per heavy atom. The first-order valence-corrected chi connectivity index (χ1v) is 4.86. The number of hydrogen-bond donors (Lipinski definition) is 1. The molecule has 0 spiro atoms. The molecule has 1 aliphatic heterocycles. The van der Waals surface area contributed by atoms with Crippen LogP contribution in [0.1, 0.15) is 16.7 Å². The van der Waals surface area contributed by atoms with Gasteiger partial charge in [-0.15, -0.1) is 0 Å². The van der Waals surface area contributed by atoms with Crippen molar-refractivity contribution in [2.75, 3.05) is 7.05 Å². The molecule has 0 aliphatic carbocycles. The van der Waals surface area contributed by atoms with E-state index < -0.39 is 5.97 Å². The maximum Gasteiger partial charge on any atom is 0.328 e. The highest BCUT2D eigenvalue weighted by Crippen LogP contribution is 2.22. The summed E-state index contributed by atoms with van der Waals surface area (Å²) in [7, 11) is 2.08. The standard InChI is InChI=1S/C12H13NO2/c1-13-7-10-4-2-9(3-5-12(14)15)6-11(10)8-13/h2-6H,7-8H2,1H3,(H,14,15). The van der Waals surface area contributed by atoms with E-state index in [-0.39, 0.29) is 0 Å². The molecule has 0 amide bonds. The molecule has 3 heteroatoms. The summed E-state index contributed by atoms with van der Waals surface area (Å²) in [6, 6.07) is 6.08. The molecule has 1 aliphatic rings. The van der Waals surface area contributed by atoms with Gasteiger partial charge in [-0.25, -0.2) is 4.79 Å². The second kappa shape index (κ2) is 3.87. The number of benzene rings is 1. The van der Waals surface area contributed by atoms with Crippen LogP contribution in [0, 0.1) is 0 Å². The zero-order valence-corrected chi connectivity index (χ0v) is 8.60. The topological polar surface area (TPSA) is 40.5 Å². The van der Waals surface area contributed by atoms with Gasteiger partial charge in [-0.2, -0.15) is 0 Å². The van der Waals surface area contributed by atoms with E-state index in [1.165, 1.54) is 17.2 Å². The molecular formula is C12H13NO2. The summed E-state index contributed by atoms with van der Waals surface area (Å²) >= 11 is 0. The fourth-order valence-electron chi connectivity index (χ4n) is 1.86. The number of carboxylic acid groups (broad SMARTS) is 1. The predicted molar refractivity (Wildman–Crippen MR) is 58.3 cm³/mol. The molecule has 78 valence electrons. The van der Waals surface area contributed by atoms with Crippen LogP contribution < -0.4 is 0 Å². The molecule has 0 aromatic heterocycles. The highest BCUT2D eigenvalue weighted by molar-refractivity contribution is 5.85. The minimum Gasteiger partial charge on any atom is -0.478 e. The molecule has 1 N–H and O–H groups in total. The minimum atomic E-state index is -0.910. The molecule has 0 radical (unpaired) electrons. The maximum absolute atomic E-state index is 10.4. The van der Waals surface area contributed by atoms with E-state index in [0.29, 0.717) is 0 Å². The Balaban J connectivity index is 2.23.